The Hall–Kier alpha value is -3.76. The number of pyridine rings is 1. The summed E-state index contributed by atoms with van der Waals surface area (Å²) in [6.07, 6.45) is 12.1. The van der Waals surface area contributed by atoms with Crippen molar-refractivity contribution in [3.63, 3.8) is 0 Å². The quantitative estimate of drug-likeness (QED) is 0.240. The van der Waals surface area contributed by atoms with Gasteiger partial charge in [-0.3, -0.25) is 14.5 Å². The number of amides is 1. The molecule has 7 rings (SSSR count). The number of carbonyl (C=O) groups is 1. The van der Waals surface area contributed by atoms with Crippen molar-refractivity contribution in [2.45, 2.75) is 97.1 Å². The maximum Gasteiger partial charge on any atom is 0.253 e. The van der Waals surface area contributed by atoms with E-state index < -0.39 is 0 Å². The third-order valence-corrected chi connectivity index (χ3v) is 11.5. The van der Waals surface area contributed by atoms with Crippen LogP contribution in [0.4, 0.5) is 5.69 Å². The van der Waals surface area contributed by atoms with Crippen LogP contribution in [-0.2, 0) is 40.1 Å². The number of nitrogens with one attached hydrogen (secondary N) is 2. The van der Waals surface area contributed by atoms with Gasteiger partial charge < -0.3 is 29.4 Å². The fourth-order valence-electron chi connectivity index (χ4n) is 8.56. The SMILES string of the molecule is CCN(c1cc(/C=C/c2ccc(CN3CCC4(CC3)OCCO4)cc2)cc(C(=O)NCc2c3c(c(C)[nH]c2=O)CCCC3)c1C)C1CCOCC1. The second kappa shape index (κ2) is 15.9. The fraction of sp³-hybridized carbons (Fsp3) is 0.524. The van der Waals surface area contributed by atoms with Crippen LogP contribution in [0.5, 0.6) is 0 Å². The molecule has 4 aliphatic rings. The molecule has 0 saturated carbocycles. The maximum atomic E-state index is 14.0. The average Bonchev–Trinajstić information content (AvgIpc) is 3.61. The molecule has 0 unspecified atom stereocenters. The van der Waals surface area contributed by atoms with E-state index in [0.717, 1.165) is 124 Å². The van der Waals surface area contributed by atoms with Crippen LogP contribution in [0.25, 0.3) is 12.2 Å². The Morgan fingerprint density at radius 3 is 2.35 bits per heavy atom. The Bertz CT molecular complexity index is 1780. The fourth-order valence-corrected chi connectivity index (χ4v) is 8.56. The zero-order valence-corrected chi connectivity index (χ0v) is 30.7. The summed E-state index contributed by atoms with van der Waals surface area (Å²) < 4.78 is 17.5. The van der Waals surface area contributed by atoms with Gasteiger partial charge >= 0.3 is 0 Å². The van der Waals surface area contributed by atoms with E-state index in [-0.39, 0.29) is 23.8 Å². The minimum Gasteiger partial charge on any atom is -0.381 e. The molecular weight excluding hydrogens is 640 g/mol. The summed E-state index contributed by atoms with van der Waals surface area (Å²) in [7, 11) is 0. The molecule has 3 fully saturated rings. The van der Waals surface area contributed by atoms with Crippen LogP contribution in [-0.4, -0.2) is 73.7 Å². The topological polar surface area (TPSA) is 96.1 Å². The molecule has 3 aliphatic heterocycles. The summed E-state index contributed by atoms with van der Waals surface area (Å²) in [6.45, 7) is 13.0. The molecule has 0 bridgehead atoms. The van der Waals surface area contributed by atoms with Gasteiger partial charge in [-0.2, -0.15) is 0 Å². The number of aromatic nitrogens is 1. The number of likely N-dealkylation sites (tertiary alicyclic amines) is 1. The van der Waals surface area contributed by atoms with E-state index in [1.165, 1.54) is 11.1 Å². The van der Waals surface area contributed by atoms with Crippen molar-refractivity contribution in [2.24, 2.45) is 0 Å². The first kappa shape index (κ1) is 35.6. The number of carbonyl (C=O) groups excluding carboxylic acids is 1. The molecule has 1 aliphatic carbocycles. The monoisotopic (exact) mass is 694 g/mol. The Labute approximate surface area is 302 Å². The number of hydrogen-bond donors (Lipinski definition) is 2. The molecular formula is C42H54N4O5. The molecule has 1 aromatic heterocycles. The van der Waals surface area contributed by atoms with Gasteiger partial charge in [-0.15, -0.1) is 0 Å². The number of aryl methyl sites for hydroxylation is 1. The van der Waals surface area contributed by atoms with E-state index >= 15 is 0 Å². The largest absolute Gasteiger partial charge is 0.381 e. The first-order valence-electron chi connectivity index (χ1n) is 19.1. The van der Waals surface area contributed by atoms with Crippen molar-refractivity contribution in [1.29, 1.82) is 0 Å². The summed E-state index contributed by atoms with van der Waals surface area (Å²) in [5.74, 6) is -0.504. The van der Waals surface area contributed by atoms with Crippen molar-refractivity contribution in [3.8, 4) is 0 Å². The third-order valence-electron chi connectivity index (χ3n) is 11.5. The smallest absolute Gasteiger partial charge is 0.253 e. The number of benzene rings is 2. The van der Waals surface area contributed by atoms with Gasteiger partial charge in [0.1, 0.15) is 0 Å². The van der Waals surface area contributed by atoms with Crippen LogP contribution in [0.2, 0.25) is 0 Å². The van der Waals surface area contributed by atoms with Gasteiger partial charge in [0.25, 0.3) is 11.5 Å². The molecule has 2 aromatic carbocycles. The predicted molar refractivity (Wildman–Crippen MR) is 202 cm³/mol. The van der Waals surface area contributed by atoms with Crippen molar-refractivity contribution < 1.29 is 19.0 Å². The number of H-pyrrole nitrogens is 1. The van der Waals surface area contributed by atoms with Crippen molar-refractivity contribution in [3.05, 3.63) is 97.0 Å². The Kier molecular flexibility index (Phi) is 11.1. The molecule has 1 amide bonds. The van der Waals surface area contributed by atoms with Crippen LogP contribution in [0, 0.1) is 13.8 Å². The van der Waals surface area contributed by atoms with Gasteiger partial charge in [0.15, 0.2) is 5.79 Å². The lowest BCUT2D eigenvalue weighted by Crippen LogP contribution is -2.44. The first-order valence-corrected chi connectivity index (χ1v) is 19.1. The van der Waals surface area contributed by atoms with Gasteiger partial charge in [-0.1, -0.05) is 36.4 Å². The van der Waals surface area contributed by atoms with Gasteiger partial charge in [0.05, 0.1) is 13.2 Å². The number of ether oxygens (including phenoxy) is 3. The summed E-state index contributed by atoms with van der Waals surface area (Å²) >= 11 is 0. The minimum atomic E-state index is -0.347. The molecule has 272 valence electrons. The zero-order chi connectivity index (χ0) is 35.4. The molecule has 4 heterocycles. The molecule has 9 nitrogen and oxygen atoms in total. The summed E-state index contributed by atoms with van der Waals surface area (Å²) in [5, 5.41) is 3.15. The van der Waals surface area contributed by atoms with Crippen LogP contribution in [0.3, 0.4) is 0 Å². The molecule has 3 saturated heterocycles. The highest BCUT2D eigenvalue weighted by Gasteiger charge is 2.39. The van der Waals surface area contributed by atoms with E-state index in [1.807, 2.05) is 13.0 Å². The van der Waals surface area contributed by atoms with Crippen molar-refractivity contribution in [1.82, 2.24) is 15.2 Å². The lowest BCUT2D eigenvalue weighted by atomic mass is 9.88. The average molecular weight is 695 g/mol. The lowest BCUT2D eigenvalue weighted by molar-refractivity contribution is -0.185. The third kappa shape index (κ3) is 8.02. The number of fused-ring (bicyclic) bond motifs is 1. The second-order valence-corrected chi connectivity index (χ2v) is 14.7. The van der Waals surface area contributed by atoms with Crippen molar-refractivity contribution >= 4 is 23.7 Å². The number of piperidine rings is 1. The highest BCUT2D eigenvalue weighted by molar-refractivity contribution is 5.98. The molecule has 1 spiro atoms. The Morgan fingerprint density at radius 1 is 0.961 bits per heavy atom. The first-order chi connectivity index (χ1) is 24.8. The zero-order valence-electron chi connectivity index (χ0n) is 30.7. The van der Waals surface area contributed by atoms with Crippen LogP contribution in [0.1, 0.15) is 100 Å². The molecule has 2 N–H and O–H groups in total. The predicted octanol–water partition coefficient (Wildman–Crippen LogP) is 6.32. The number of hydrogen-bond acceptors (Lipinski definition) is 7. The number of rotatable bonds is 10. The van der Waals surface area contributed by atoms with E-state index in [0.29, 0.717) is 30.4 Å². The van der Waals surface area contributed by atoms with Crippen LogP contribution >= 0.6 is 0 Å². The van der Waals surface area contributed by atoms with Gasteiger partial charge in [0, 0.05) is 87.3 Å². The molecule has 0 atom stereocenters. The van der Waals surface area contributed by atoms with Gasteiger partial charge in [0.2, 0.25) is 0 Å². The van der Waals surface area contributed by atoms with Crippen LogP contribution < -0.4 is 15.8 Å². The second-order valence-electron chi connectivity index (χ2n) is 14.7. The van der Waals surface area contributed by atoms with Gasteiger partial charge in [-0.05, 0) is 105 Å². The minimum absolute atomic E-state index is 0.0946. The van der Waals surface area contributed by atoms with E-state index in [4.69, 9.17) is 14.2 Å². The summed E-state index contributed by atoms with van der Waals surface area (Å²) in [6, 6.07) is 13.3. The summed E-state index contributed by atoms with van der Waals surface area (Å²) in [4.78, 5) is 35.1. The van der Waals surface area contributed by atoms with Crippen LogP contribution in [0.15, 0.2) is 41.2 Å². The molecule has 0 radical (unpaired) electrons. The number of anilines is 1. The Morgan fingerprint density at radius 2 is 1.65 bits per heavy atom. The van der Waals surface area contributed by atoms with Gasteiger partial charge in [-0.25, -0.2) is 0 Å². The number of aromatic amines is 1. The summed E-state index contributed by atoms with van der Waals surface area (Å²) in [5.41, 5.74) is 9.96. The molecule has 9 heteroatoms. The molecule has 3 aromatic rings. The normalized spacial score (nSPS) is 19.4. The Balaban J connectivity index is 1.10. The lowest BCUT2D eigenvalue weighted by Gasteiger charge is -2.37. The van der Waals surface area contributed by atoms with E-state index in [9.17, 15) is 9.59 Å². The van der Waals surface area contributed by atoms with E-state index in [1.54, 1.807) is 0 Å². The maximum absolute atomic E-state index is 14.0. The standard InChI is InChI=1S/C42H54N4O5/c1-4-46(34-15-21-49-22-16-34)39-26-33(14-11-31-9-12-32(13-10-31)28-45-19-17-42(18-20-45)50-23-24-51-42)25-37(29(39)2)40(47)43-27-38-36-8-6-5-7-35(36)30(3)44-41(38)48/h9-14,25-26,34H,4-8,15-24,27-28H2,1-3H3,(H,43,47)(H,44,48)/b14-11+. The van der Waals surface area contributed by atoms with E-state index in [2.05, 4.69) is 76.4 Å². The number of nitrogens with zero attached hydrogens (tertiary/aromatic N) is 2. The highest BCUT2D eigenvalue weighted by atomic mass is 16.7. The molecule has 51 heavy (non-hydrogen) atoms. The highest BCUT2D eigenvalue weighted by Crippen LogP contribution is 2.33. The van der Waals surface area contributed by atoms with Crippen molar-refractivity contribution in [2.75, 3.05) is 51.0 Å².